The van der Waals surface area contributed by atoms with Crippen LogP contribution in [-0.2, 0) is 4.79 Å². The highest BCUT2D eigenvalue weighted by Gasteiger charge is 2.14. The van der Waals surface area contributed by atoms with Crippen molar-refractivity contribution in [2.24, 2.45) is 11.7 Å². The van der Waals surface area contributed by atoms with Crippen LogP contribution >= 0.6 is 24.0 Å². The molecule has 1 rings (SSSR count). The lowest BCUT2D eigenvalue weighted by molar-refractivity contribution is -0.129. The Morgan fingerprint density at radius 1 is 1.17 bits per heavy atom. The van der Waals surface area contributed by atoms with Crippen LogP contribution < -0.4 is 5.73 Å². The third-order valence-electron chi connectivity index (χ3n) is 3.81. The number of Topliss-reactive ketones (excluding diaryl/α,β-unsaturated/α-hetero) is 1. The second-order valence-corrected chi connectivity index (χ2v) is 6.38. The summed E-state index contributed by atoms with van der Waals surface area (Å²) < 4.78 is 0. The molecule has 0 saturated heterocycles. The molecule has 0 heterocycles. The molecule has 0 aromatic heterocycles. The van der Waals surface area contributed by atoms with Crippen LogP contribution in [0.4, 0.5) is 0 Å². The van der Waals surface area contributed by atoms with Crippen molar-refractivity contribution >= 4 is 35.7 Å². The van der Waals surface area contributed by atoms with Gasteiger partial charge < -0.3 is 10.6 Å². The van der Waals surface area contributed by atoms with Gasteiger partial charge in [0.25, 0.3) is 0 Å². The number of benzene rings is 1. The molecular weight excluding hydrogens is 335 g/mol. The van der Waals surface area contributed by atoms with Crippen molar-refractivity contribution in [2.45, 2.75) is 39.2 Å². The first-order valence-electron chi connectivity index (χ1n) is 7.59. The van der Waals surface area contributed by atoms with E-state index in [0.29, 0.717) is 23.0 Å². The number of nitrogens with zero attached hydrogens (tertiary/aromatic N) is 1. The summed E-state index contributed by atoms with van der Waals surface area (Å²) in [5.41, 5.74) is 6.56. The molecule has 6 heteroatoms. The minimum atomic E-state index is -0.0442. The van der Waals surface area contributed by atoms with Crippen molar-refractivity contribution < 1.29 is 9.59 Å². The van der Waals surface area contributed by atoms with Gasteiger partial charge in [0.15, 0.2) is 5.78 Å². The molecule has 1 unspecified atom stereocenters. The maximum atomic E-state index is 12.0. The molecule has 0 bridgehead atoms. The average molecular weight is 361 g/mol. The van der Waals surface area contributed by atoms with Crippen LogP contribution in [0.3, 0.4) is 0 Å². The SMILES string of the molecule is CC(C)C(N)CCN(C)C(=O)CCC(=O)c1ccc(Cl)cc1.Cl. The Hall–Kier alpha value is -1.10. The van der Waals surface area contributed by atoms with E-state index in [9.17, 15) is 9.59 Å². The highest BCUT2D eigenvalue weighted by molar-refractivity contribution is 6.30. The van der Waals surface area contributed by atoms with Crippen LogP contribution in [0.2, 0.25) is 5.02 Å². The first-order chi connectivity index (χ1) is 10.3. The smallest absolute Gasteiger partial charge is 0.222 e. The summed E-state index contributed by atoms with van der Waals surface area (Å²) in [5, 5.41) is 0.592. The number of carbonyl (C=O) groups is 2. The standard InChI is InChI=1S/C17H25ClN2O2.ClH/c1-12(2)15(19)10-11-20(3)17(22)9-8-16(21)13-4-6-14(18)7-5-13;/h4-7,12,15H,8-11,19H2,1-3H3;1H. The fourth-order valence-electron chi connectivity index (χ4n) is 1.99. The van der Waals surface area contributed by atoms with Crippen LogP contribution in [-0.4, -0.2) is 36.2 Å². The maximum absolute atomic E-state index is 12.0. The van der Waals surface area contributed by atoms with Crippen molar-refractivity contribution in [2.75, 3.05) is 13.6 Å². The van der Waals surface area contributed by atoms with E-state index in [1.54, 1.807) is 36.2 Å². The predicted molar refractivity (Wildman–Crippen MR) is 97.3 cm³/mol. The Kier molecular flexibility index (Phi) is 10.1. The Morgan fingerprint density at radius 3 is 2.26 bits per heavy atom. The monoisotopic (exact) mass is 360 g/mol. The van der Waals surface area contributed by atoms with E-state index in [2.05, 4.69) is 13.8 Å². The normalized spacial score (nSPS) is 11.7. The van der Waals surface area contributed by atoms with Gasteiger partial charge in [-0.3, -0.25) is 9.59 Å². The summed E-state index contributed by atoms with van der Waals surface area (Å²) in [4.78, 5) is 25.7. The molecular formula is C17H26Cl2N2O2. The van der Waals surface area contributed by atoms with E-state index in [1.165, 1.54) is 0 Å². The third-order valence-corrected chi connectivity index (χ3v) is 4.06. The second kappa shape index (κ2) is 10.6. The Bertz CT molecular complexity index is 504. The van der Waals surface area contributed by atoms with Gasteiger partial charge in [-0.15, -0.1) is 12.4 Å². The summed E-state index contributed by atoms with van der Waals surface area (Å²) in [6, 6.07) is 6.80. The summed E-state index contributed by atoms with van der Waals surface area (Å²) >= 11 is 5.79. The Morgan fingerprint density at radius 2 is 1.74 bits per heavy atom. The minimum absolute atomic E-state index is 0. The highest BCUT2D eigenvalue weighted by Crippen LogP contribution is 2.12. The summed E-state index contributed by atoms with van der Waals surface area (Å²) in [6.07, 6.45) is 1.20. The number of hydrogen-bond acceptors (Lipinski definition) is 3. The summed E-state index contributed by atoms with van der Waals surface area (Å²) in [7, 11) is 1.75. The van der Waals surface area contributed by atoms with Crippen molar-refractivity contribution in [1.82, 2.24) is 4.90 Å². The van der Waals surface area contributed by atoms with Crippen LogP contribution in [0.1, 0.15) is 43.5 Å². The fourth-order valence-corrected chi connectivity index (χ4v) is 2.12. The number of rotatable bonds is 8. The lowest BCUT2D eigenvalue weighted by Crippen LogP contribution is -2.34. The number of nitrogens with two attached hydrogens (primary N) is 1. The quantitative estimate of drug-likeness (QED) is 0.720. The van der Waals surface area contributed by atoms with E-state index in [-0.39, 0.29) is 43.0 Å². The molecule has 130 valence electrons. The minimum Gasteiger partial charge on any atom is -0.346 e. The number of ketones is 1. The Labute approximate surface area is 149 Å². The highest BCUT2D eigenvalue weighted by atomic mass is 35.5. The topological polar surface area (TPSA) is 63.4 Å². The summed E-state index contributed by atoms with van der Waals surface area (Å²) in [6.45, 7) is 4.75. The zero-order chi connectivity index (χ0) is 16.7. The lowest BCUT2D eigenvalue weighted by atomic mass is 10.0. The molecule has 0 spiro atoms. The van der Waals surface area contributed by atoms with Gasteiger partial charge in [-0.2, -0.15) is 0 Å². The van der Waals surface area contributed by atoms with Gasteiger partial charge in [0.2, 0.25) is 5.91 Å². The van der Waals surface area contributed by atoms with E-state index in [1.807, 2.05) is 0 Å². The molecule has 0 aliphatic heterocycles. The van der Waals surface area contributed by atoms with Gasteiger partial charge in [0.05, 0.1) is 0 Å². The van der Waals surface area contributed by atoms with E-state index < -0.39 is 0 Å². The molecule has 4 nitrogen and oxygen atoms in total. The van der Waals surface area contributed by atoms with Gasteiger partial charge in [-0.1, -0.05) is 25.4 Å². The number of carbonyl (C=O) groups excluding carboxylic acids is 2. The molecule has 0 aliphatic rings. The molecule has 1 aromatic rings. The molecule has 1 atom stereocenters. The lowest BCUT2D eigenvalue weighted by Gasteiger charge is -2.21. The molecule has 0 saturated carbocycles. The second-order valence-electron chi connectivity index (χ2n) is 5.94. The van der Waals surface area contributed by atoms with Gasteiger partial charge in [-0.05, 0) is 36.6 Å². The first kappa shape index (κ1) is 21.9. The zero-order valence-electron chi connectivity index (χ0n) is 13.9. The van der Waals surface area contributed by atoms with Crippen LogP contribution in [0.5, 0.6) is 0 Å². The van der Waals surface area contributed by atoms with E-state index in [0.717, 1.165) is 6.42 Å². The van der Waals surface area contributed by atoms with Crippen LogP contribution in [0.15, 0.2) is 24.3 Å². The first-order valence-corrected chi connectivity index (χ1v) is 7.97. The van der Waals surface area contributed by atoms with Crippen LogP contribution in [0.25, 0.3) is 0 Å². The molecule has 23 heavy (non-hydrogen) atoms. The molecule has 0 fully saturated rings. The number of hydrogen-bond donors (Lipinski definition) is 1. The zero-order valence-corrected chi connectivity index (χ0v) is 15.5. The largest absolute Gasteiger partial charge is 0.346 e. The maximum Gasteiger partial charge on any atom is 0.222 e. The van der Waals surface area contributed by atoms with Gasteiger partial charge in [0, 0.05) is 43.1 Å². The van der Waals surface area contributed by atoms with Gasteiger partial charge in [-0.25, -0.2) is 0 Å². The van der Waals surface area contributed by atoms with Crippen LogP contribution in [0, 0.1) is 5.92 Å². The van der Waals surface area contributed by atoms with E-state index in [4.69, 9.17) is 17.3 Å². The molecule has 2 N–H and O–H groups in total. The average Bonchev–Trinajstić information content (AvgIpc) is 2.49. The number of halogens is 2. The van der Waals surface area contributed by atoms with E-state index >= 15 is 0 Å². The predicted octanol–water partition coefficient (Wildman–Crippen LogP) is 3.56. The number of amides is 1. The fraction of sp³-hybridized carbons (Fsp3) is 0.529. The van der Waals surface area contributed by atoms with Gasteiger partial charge >= 0.3 is 0 Å². The summed E-state index contributed by atoms with van der Waals surface area (Å²) in [5.74, 6) is 0.325. The molecule has 0 radical (unpaired) electrons. The third kappa shape index (κ3) is 7.82. The molecule has 1 aromatic carbocycles. The Balaban J connectivity index is 0.00000484. The van der Waals surface area contributed by atoms with Gasteiger partial charge in [0.1, 0.15) is 0 Å². The molecule has 0 aliphatic carbocycles. The molecule has 1 amide bonds. The van der Waals surface area contributed by atoms with Crippen molar-refractivity contribution in [1.29, 1.82) is 0 Å². The van der Waals surface area contributed by atoms with Crippen molar-refractivity contribution in [3.8, 4) is 0 Å². The van der Waals surface area contributed by atoms with Crippen molar-refractivity contribution in [3.05, 3.63) is 34.9 Å². The van der Waals surface area contributed by atoms with Crippen molar-refractivity contribution in [3.63, 3.8) is 0 Å².